The first kappa shape index (κ1) is 20.4. The monoisotopic (exact) mass is 416 g/mol. The summed E-state index contributed by atoms with van der Waals surface area (Å²) < 4.78 is 12.9. The van der Waals surface area contributed by atoms with Crippen molar-refractivity contribution in [2.75, 3.05) is 0 Å². The zero-order valence-corrected chi connectivity index (χ0v) is 18.0. The van der Waals surface area contributed by atoms with E-state index in [4.69, 9.17) is 24.4 Å². The lowest BCUT2D eigenvalue weighted by atomic mass is 9.56. The summed E-state index contributed by atoms with van der Waals surface area (Å²) in [6, 6.07) is 6.85. The van der Waals surface area contributed by atoms with Crippen molar-refractivity contribution in [2.45, 2.75) is 83.1 Å². The SMILES string of the molecule is C[C@@H]1CCC2[C@@H](C)[C@@H](OCc3ccc(C(=O)O)cc3)OC3C[C@]4(C)CCC1[C@]32OO4. The average molecular weight is 417 g/mol. The number of benzene rings is 1. The van der Waals surface area contributed by atoms with Crippen LogP contribution in [-0.4, -0.2) is 34.7 Å². The van der Waals surface area contributed by atoms with Crippen molar-refractivity contribution in [3.05, 3.63) is 35.4 Å². The summed E-state index contributed by atoms with van der Waals surface area (Å²) in [6.07, 6.45) is 4.96. The van der Waals surface area contributed by atoms with Gasteiger partial charge in [-0.05, 0) is 62.1 Å². The quantitative estimate of drug-likeness (QED) is 0.725. The molecule has 6 heteroatoms. The summed E-state index contributed by atoms with van der Waals surface area (Å²) in [5, 5.41) is 9.08. The zero-order valence-electron chi connectivity index (χ0n) is 18.0. The molecular formula is C24H32O6. The maximum atomic E-state index is 11.1. The van der Waals surface area contributed by atoms with E-state index in [2.05, 4.69) is 20.8 Å². The third kappa shape index (κ3) is 3.11. The number of ether oxygens (including phenoxy) is 2. The summed E-state index contributed by atoms with van der Waals surface area (Å²) in [5.41, 5.74) is 0.566. The molecule has 5 fully saturated rings. The molecule has 2 saturated carbocycles. The van der Waals surface area contributed by atoms with Gasteiger partial charge in [-0.1, -0.05) is 26.0 Å². The van der Waals surface area contributed by atoms with Gasteiger partial charge in [0.2, 0.25) is 0 Å². The van der Waals surface area contributed by atoms with Crippen molar-refractivity contribution >= 4 is 5.97 Å². The van der Waals surface area contributed by atoms with Gasteiger partial charge in [-0.3, -0.25) is 0 Å². The third-order valence-electron chi connectivity index (χ3n) is 8.25. The van der Waals surface area contributed by atoms with E-state index in [9.17, 15) is 4.79 Å². The van der Waals surface area contributed by atoms with Gasteiger partial charge in [0.05, 0.1) is 18.3 Å². The first-order valence-electron chi connectivity index (χ1n) is 11.3. The van der Waals surface area contributed by atoms with E-state index in [0.29, 0.717) is 24.4 Å². The molecule has 6 nitrogen and oxygen atoms in total. The normalized spacial score (nSPS) is 44.9. The summed E-state index contributed by atoms with van der Waals surface area (Å²) in [6.45, 7) is 7.10. The second-order valence-corrected chi connectivity index (χ2v) is 10.1. The van der Waals surface area contributed by atoms with Gasteiger partial charge < -0.3 is 14.6 Å². The fourth-order valence-electron chi connectivity index (χ4n) is 6.53. The van der Waals surface area contributed by atoms with Gasteiger partial charge in [0, 0.05) is 18.3 Å². The highest BCUT2D eigenvalue weighted by molar-refractivity contribution is 5.87. The van der Waals surface area contributed by atoms with E-state index in [0.717, 1.165) is 31.2 Å². The van der Waals surface area contributed by atoms with Crippen LogP contribution in [0.25, 0.3) is 0 Å². The van der Waals surface area contributed by atoms with Gasteiger partial charge in [0.1, 0.15) is 11.2 Å². The minimum Gasteiger partial charge on any atom is -0.478 e. The standard InChI is InChI=1S/C24H32O6/c1-14-4-9-19-15(2)22(27-13-16-5-7-17(8-6-16)21(25)26)28-20-12-23(3)11-10-18(14)24(19,20)30-29-23/h5-8,14-15,18-20,22H,4,9-13H2,1-3H3,(H,25,26)/t14-,15-,18?,19?,20?,22+,23+,24-/m1/s1. The molecule has 0 amide bonds. The Morgan fingerprint density at radius 2 is 1.90 bits per heavy atom. The number of carboxylic acids is 1. The molecule has 3 unspecified atom stereocenters. The molecule has 6 rings (SSSR count). The minimum atomic E-state index is -0.919. The molecule has 2 bridgehead atoms. The Hall–Kier alpha value is -1.47. The minimum absolute atomic E-state index is 0.0212. The second kappa shape index (κ2) is 7.30. The zero-order chi connectivity index (χ0) is 21.1. The summed E-state index contributed by atoms with van der Waals surface area (Å²) in [4.78, 5) is 23.4. The van der Waals surface area contributed by atoms with Crippen molar-refractivity contribution in [1.29, 1.82) is 0 Å². The van der Waals surface area contributed by atoms with E-state index >= 15 is 0 Å². The molecule has 3 aliphatic heterocycles. The van der Waals surface area contributed by atoms with Crippen LogP contribution in [0.5, 0.6) is 0 Å². The predicted molar refractivity (Wildman–Crippen MR) is 109 cm³/mol. The highest BCUT2D eigenvalue weighted by Gasteiger charge is 2.68. The van der Waals surface area contributed by atoms with E-state index in [1.165, 1.54) is 6.42 Å². The highest BCUT2D eigenvalue weighted by atomic mass is 17.2. The van der Waals surface area contributed by atoms with Crippen LogP contribution in [0, 0.1) is 23.7 Å². The number of hydrogen-bond acceptors (Lipinski definition) is 5. The van der Waals surface area contributed by atoms with Gasteiger partial charge >= 0.3 is 5.97 Å². The molecule has 1 aromatic rings. The van der Waals surface area contributed by atoms with Gasteiger partial charge in [-0.15, -0.1) is 0 Å². The van der Waals surface area contributed by atoms with Crippen LogP contribution in [0.2, 0.25) is 0 Å². The van der Waals surface area contributed by atoms with Crippen LogP contribution in [0.1, 0.15) is 68.8 Å². The molecule has 5 aliphatic rings. The molecule has 30 heavy (non-hydrogen) atoms. The molecule has 3 saturated heterocycles. The number of aromatic carboxylic acids is 1. The Labute approximate surface area is 177 Å². The predicted octanol–water partition coefficient (Wildman–Crippen LogP) is 4.57. The second-order valence-electron chi connectivity index (χ2n) is 10.1. The number of fused-ring (bicyclic) bond motifs is 2. The van der Waals surface area contributed by atoms with Crippen LogP contribution in [0.3, 0.4) is 0 Å². The Kier molecular flexibility index (Phi) is 4.97. The van der Waals surface area contributed by atoms with Crippen molar-refractivity contribution in [2.24, 2.45) is 23.7 Å². The lowest BCUT2D eigenvalue weighted by Gasteiger charge is -2.61. The smallest absolute Gasteiger partial charge is 0.335 e. The molecule has 1 spiro atoms. The Morgan fingerprint density at radius 1 is 1.13 bits per heavy atom. The third-order valence-corrected chi connectivity index (χ3v) is 8.25. The van der Waals surface area contributed by atoms with E-state index < -0.39 is 5.97 Å². The Bertz CT molecular complexity index is 808. The number of hydrogen-bond donors (Lipinski definition) is 1. The molecule has 0 radical (unpaired) electrons. The number of carboxylic acid groups (broad SMARTS) is 1. The van der Waals surface area contributed by atoms with Crippen molar-refractivity contribution in [3.63, 3.8) is 0 Å². The maximum Gasteiger partial charge on any atom is 0.335 e. The lowest BCUT2D eigenvalue weighted by molar-refractivity contribution is -0.496. The first-order chi connectivity index (χ1) is 14.3. The Balaban J connectivity index is 1.37. The average Bonchev–Trinajstić information content (AvgIpc) is 2.96. The first-order valence-corrected chi connectivity index (χ1v) is 11.3. The summed E-state index contributed by atoms with van der Waals surface area (Å²) in [7, 11) is 0. The Morgan fingerprint density at radius 3 is 2.63 bits per heavy atom. The maximum absolute atomic E-state index is 11.1. The van der Waals surface area contributed by atoms with Gasteiger partial charge in [-0.2, -0.15) is 0 Å². The van der Waals surface area contributed by atoms with Crippen molar-refractivity contribution < 1.29 is 29.1 Å². The molecule has 0 aromatic heterocycles. The van der Waals surface area contributed by atoms with Gasteiger partial charge in [0.15, 0.2) is 6.29 Å². The van der Waals surface area contributed by atoms with Crippen LogP contribution >= 0.6 is 0 Å². The van der Waals surface area contributed by atoms with Crippen LogP contribution in [0.15, 0.2) is 24.3 Å². The fraction of sp³-hybridized carbons (Fsp3) is 0.708. The van der Waals surface area contributed by atoms with E-state index in [1.807, 2.05) is 12.1 Å². The number of rotatable bonds is 4. The van der Waals surface area contributed by atoms with E-state index in [-0.39, 0.29) is 35.1 Å². The molecule has 1 N–H and O–H groups in total. The van der Waals surface area contributed by atoms with Crippen LogP contribution < -0.4 is 0 Å². The summed E-state index contributed by atoms with van der Waals surface area (Å²) in [5.74, 6) is 0.684. The lowest BCUT2D eigenvalue weighted by Crippen LogP contribution is -2.69. The van der Waals surface area contributed by atoms with E-state index in [1.54, 1.807) is 12.1 Å². The fourth-order valence-corrected chi connectivity index (χ4v) is 6.53. The van der Waals surface area contributed by atoms with Crippen molar-refractivity contribution in [3.8, 4) is 0 Å². The number of carbonyl (C=O) groups is 1. The van der Waals surface area contributed by atoms with Gasteiger partial charge in [0.25, 0.3) is 0 Å². The van der Waals surface area contributed by atoms with Crippen LogP contribution in [0.4, 0.5) is 0 Å². The molecular weight excluding hydrogens is 384 g/mol. The largest absolute Gasteiger partial charge is 0.478 e. The molecule has 1 aromatic carbocycles. The molecule has 8 atom stereocenters. The van der Waals surface area contributed by atoms with Gasteiger partial charge in [-0.25, -0.2) is 14.6 Å². The van der Waals surface area contributed by atoms with Crippen LogP contribution in [-0.2, 0) is 25.9 Å². The topological polar surface area (TPSA) is 74.2 Å². The molecule has 164 valence electrons. The summed E-state index contributed by atoms with van der Waals surface area (Å²) >= 11 is 0. The highest BCUT2D eigenvalue weighted by Crippen LogP contribution is 2.61. The molecule has 3 heterocycles. The van der Waals surface area contributed by atoms with Crippen molar-refractivity contribution in [1.82, 2.24) is 0 Å². The molecule has 2 aliphatic carbocycles.